The molecular formula is C16H12O5. The Kier molecular flexibility index (Phi) is 2.83. The molecule has 2 aromatic carbocycles. The van der Waals surface area contributed by atoms with Crippen LogP contribution in [0.15, 0.2) is 45.6 Å². The van der Waals surface area contributed by atoms with Crippen molar-refractivity contribution in [1.82, 2.24) is 0 Å². The van der Waals surface area contributed by atoms with Crippen LogP contribution in [0.4, 0.5) is 0 Å². The number of rotatable bonds is 1. The quantitative estimate of drug-likeness (QED) is 0.639. The Hall–Kier alpha value is -2.95. The highest BCUT2D eigenvalue weighted by Crippen LogP contribution is 2.33. The fourth-order valence-electron chi connectivity index (χ4n) is 2.23. The van der Waals surface area contributed by atoms with Crippen molar-refractivity contribution in [2.75, 3.05) is 0 Å². The molecule has 5 heteroatoms. The second-order valence-corrected chi connectivity index (χ2v) is 4.81. The van der Waals surface area contributed by atoms with Gasteiger partial charge in [0.1, 0.15) is 22.5 Å². The lowest BCUT2D eigenvalue weighted by atomic mass is 10.1. The first kappa shape index (κ1) is 13.1. The molecule has 0 saturated heterocycles. The summed E-state index contributed by atoms with van der Waals surface area (Å²) in [7, 11) is 0. The van der Waals surface area contributed by atoms with Crippen LogP contribution >= 0.6 is 0 Å². The zero-order valence-corrected chi connectivity index (χ0v) is 11.1. The number of aryl methyl sites for hydroxylation is 1. The van der Waals surface area contributed by atoms with Gasteiger partial charge in [-0.15, -0.1) is 0 Å². The van der Waals surface area contributed by atoms with E-state index in [1.165, 1.54) is 30.3 Å². The van der Waals surface area contributed by atoms with E-state index in [1.807, 2.05) is 0 Å². The highest BCUT2D eigenvalue weighted by Gasteiger charge is 2.18. The van der Waals surface area contributed by atoms with E-state index in [2.05, 4.69) is 0 Å². The number of phenolic OH excluding ortho intramolecular Hbond substituents is 2. The molecule has 3 rings (SSSR count). The van der Waals surface area contributed by atoms with E-state index in [0.29, 0.717) is 5.56 Å². The Balaban J connectivity index is 2.37. The Morgan fingerprint density at radius 1 is 1.00 bits per heavy atom. The molecule has 21 heavy (non-hydrogen) atoms. The number of aromatic hydroxyl groups is 3. The van der Waals surface area contributed by atoms with Crippen LogP contribution in [0.25, 0.3) is 22.3 Å². The third-order valence-corrected chi connectivity index (χ3v) is 3.22. The topological polar surface area (TPSA) is 90.9 Å². The highest BCUT2D eigenvalue weighted by molar-refractivity contribution is 5.87. The Labute approximate surface area is 119 Å². The van der Waals surface area contributed by atoms with Crippen LogP contribution in [0.3, 0.4) is 0 Å². The van der Waals surface area contributed by atoms with E-state index >= 15 is 0 Å². The average molecular weight is 284 g/mol. The first-order chi connectivity index (χ1) is 9.97. The maximum Gasteiger partial charge on any atom is 0.238 e. The Morgan fingerprint density at radius 3 is 2.33 bits per heavy atom. The molecule has 0 amide bonds. The maximum absolute atomic E-state index is 12.2. The number of phenols is 2. The minimum Gasteiger partial charge on any atom is -0.508 e. The maximum atomic E-state index is 12.2. The summed E-state index contributed by atoms with van der Waals surface area (Å²) in [6.45, 7) is 1.76. The predicted molar refractivity (Wildman–Crippen MR) is 77.7 cm³/mol. The Bertz CT molecular complexity index is 891. The van der Waals surface area contributed by atoms with Crippen LogP contribution in [0, 0.1) is 6.92 Å². The summed E-state index contributed by atoms with van der Waals surface area (Å²) in [5.74, 6) is -0.744. The SMILES string of the molecule is Cc1cc(O)c2c(=O)c(O)c(-c3ccc(O)cc3)oc2c1. The summed E-state index contributed by atoms with van der Waals surface area (Å²) in [6.07, 6.45) is 0. The molecule has 3 N–H and O–H groups in total. The van der Waals surface area contributed by atoms with Crippen LogP contribution in [0.1, 0.15) is 5.56 Å². The summed E-state index contributed by atoms with van der Waals surface area (Å²) < 4.78 is 5.57. The van der Waals surface area contributed by atoms with Crippen molar-refractivity contribution in [3.8, 4) is 28.6 Å². The van der Waals surface area contributed by atoms with Gasteiger partial charge in [0, 0.05) is 5.56 Å². The monoisotopic (exact) mass is 284 g/mol. The number of hydrogen-bond donors (Lipinski definition) is 3. The first-order valence-electron chi connectivity index (χ1n) is 6.26. The van der Waals surface area contributed by atoms with E-state index in [4.69, 9.17) is 4.42 Å². The zero-order valence-electron chi connectivity index (χ0n) is 11.1. The lowest BCUT2D eigenvalue weighted by Crippen LogP contribution is -2.03. The van der Waals surface area contributed by atoms with Crippen molar-refractivity contribution in [2.45, 2.75) is 6.92 Å². The molecule has 0 unspecified atom stereocenters. The Morgan fingerprint density at radius 2 is 1.67 bits per heavy atom. The number of benzene rings is 2. The molecule has 0 spiro atoms. The molecule has 0 aliphatic rings. The van der Waals surface area contributed by atoms with Crippen molar-refractivity contribution in [2.24, 2.45) is 0 Å². The van der Waals surface area contributed by atoms with Crippen LogP contribution in [0.5, 0.6) is 17.2 Å². The van der Waals surface area contributed by atoms with Crippen LogP contribution in [0.2, 0.25) is 0 Å². The van der Waals surface area contributed by atoms with Crippen molar-refractivity contribution in [1.29, 1.82) is 0 Å². The second kappa shape index (κ2) is 4.56. The average Bonchev–Trinajstić information content (AvgIpc) is 2.43. The summed E-state index contributed by atoms with van der Waals surface area (Å²) in [6, 6.07) is 8.93. The van der Waals surface area contributed by atoms with Gasteiger partial charge in [-0.3, -0.25) is 4.79 Å². The lowest BCUT2D eigenvalue weighted by molar-refractivity contribution is 0.445. The number of hydrogen-bond acceptors (Lipinski definition) is 5. The smallest absolute Gasteiger partial charge is 0.238 e. The molecule has 106 valence electrons. The summed E-state index contributed by atoms with van der Waals surface area (Å²) >= 11 is 0. The molecule has 0 radical (unpaired) electrons. The van der Waals surface area contributed by atoms with Gasteiger partial charge < -0.3 is 19.7 Å². The van der Waals surface area contributed by atoms with E-state index in [0.717, 1.165) is 5.56 Å². The minimum atomic E-state index is -0.697. The van der Waals surface area contributed by atoms with Gasteiger partial charge >= 0.3 is 0 Å². The molecule has 1 aromatic heterocycles. The van der Waals surface area contributed by atoms with Gasteiger partial charge in [0.25, 0.3) is 0 Å². The zero-order chi connectivity index (χ0) is 15.1. The molecule has 1 heterocycles. The molecule has 0 aliphatic heterocycles. The molecule has 0 atom stereocenters. The number of fused-ring (bicyclic) bond motifs is 1. The van der Waals surface area contributed by atoms with Gasteiger partial charge in [-0.2, -0.15) is 0 Å². The van der Waals surface area contributed by atoms with E-state index < -0.39 is 11.2 Å². The predicted octanol–water partition coefficient (Wildman–Crippen LogP) is 2.89. The summed E-state index contributed by atoms with van der Waals surface area (Å²) in [5.41, 5.74) is 0.672. The molecule has 5 nitrogen and oxygen atoms in total. The molecule has 0 aliphatic carbocycles. The van der Waals surface area contributed by atoms with E-state index in [-0.39, 0.29) is 28.2 Å². The van der Waals surface area contributed by atoms with Gasteiger partial charge in [-0.25, -0.2) is 0 Å². The summed E-state index contributed by atoms with van der Waals surface area (Å²) in [5, 5.41) is 29.1. The fourth-order valence-corrected chi connectivity index (χ4v) is 2.23. The normalized spacial score (nSPS) is 10.9. The van der Waals surface area contributed by atoms with Crippen molar-refractivity contribution >= 4 is 11.0 Å². The largest absolute Gasteiger partial charge is 0.508 e. The third-order valence-electron chi connectivity index (χ3n) is 3.22. The van der Waals surface area contributed by atoms with Gasteiger partial charge in [-0.1, -0.05) is 0 Å². The lowest BCUT2D eigenvalue weighted by Gasteiger charge is -2.08. The van der Waals surface area contributed by atoms with Crippen molar-refractivity contribution < 1.29 is 19.7 Å². The summed E-state index contributed by atoms with van der Waals surface area (Å²) in [4.78, 5) is 12.2. The fraction of sp³-hybridized carbons (Fsp3) is 0.0625. The van der Waals surface area contributed by atoms with E-state index in [1.54, 1.807) is 13.0 Å². The minimum absolute atomic E-state index is 0.00231. The molecule has 0 fully saturated rings. The van der Waals surface area contributed by atoms with E-state index in [9.17, 15) is 20.1 Å². The van der Waals surface area contributed by atoms with Crippen LogP contribution in [-0.2, 0) is 0 Å². The molecule has 0 bridgehead atoms. The first-order valence-corrected chi connectivity index (χ1v) is 6.26. The molecular weight excluding hydrogens is 272 g/mol. The van der Waals surface area contributed by atoms with Crippen molar-refractivity contribution in [3.63, 3.8) is 0 Å². The van der Waals surface area contributed by atoms with Gasteiger partial charge in [0.15, 0.2) is 5.76 Å². The highest BCUT2D eigenvalue weighted by atomic mass is 16.4. The standard InChI is InChI=1S/C16H12O5/c1-8-6-11(18)13-12(7-8)21-16(15(20)14(13)19)9-2-4-10(17)5-3-9/h2-7,17-18,20H,1H3. The van der Waals surface area contributed by atoms with Gasteiger partial charge in [0.2, 0.25) is 11.2 Å². The van der Waals surface area contributed by atoms with Crippen molar-refractivity contribution in [3.05, 3.63) is 52.2 Å². The molecule has 3 aromatic rings. The second-order valence-electron chi connectivity index (χ2n) is 4.81. The van der Waals surface area contributed by atoms with Gasteiger partial charge in [-0.05, 0) is 48.9 Å². The van der Waals surface area contributed by atoms with Crippen LogP contribution < -0.4 is 5.43 Å². The van der Waals surface area contributed by atoms with Crippen LogP contribution in [-0.4, -0.2) is 15.3 Å². The molecule has 0 saturated carbocycles. The third kappa shape index (κ3) is 2.08. The van der Waals surface area contributed by atoms with Gasteiger partial charge in [0.05, 0.1) is 0 Å².